The molecule has 0 spiro atoms. The molecule has 1 aromatic rings. The maximum Gasteiger partial charge on any atom is 0.277 e. The van der Waals surface area contributed by atoms with Gasteiger partial charge in [-0.05, 0) is 50.7 Å². The number of ether oxygens (including phenoxy) is 1. The molecule has 2 amide bonds. The summed E-state index contributed by atoms with van der Waals surface area (Å²) in [6.07, 6.45) is 1.97. The first-order valence-corrected chi connectivity index (χ1v) is 8.56. The Labute approximate surface area is 148 Å². The van der Waals surface area contributed by atoms with Gasteiger partial charge in [0.25, 0.3) is 11.8 Å². The van der Waals surface area contributed by atoms with Gasteiger partial charge in [0, 0.05) is 20.1 Å². The molecule has 0 radical (unpaired) electrons. The van der Waals surface area contributed by atoms with Crippen molar-refractivity contribution >= 4 is 17.4 Å². The van der Waals surface area contributed by atoms with Crippen LogP contribution in [0.4, 0.5) is 0 Å². The SMILES string of the molecule is COc1ccc(C2=C(N(C)C3CCN(C)CC3)C(=O)N(C)C2=O)cc1. The number of piperidine rings is 1. The topological polar surface area (TPSA) is 53.1 Å². The third-order valence-electron chi connectivity index (χ3n) is 5.23. The molecule has 2 aliphatic heterocycles. The molecule has 6 nitrogen and oxygen atoms in total. The summed E-state index contributed by atoms with van der Waals surface area (Å²) in [4.78, 5) is 31.0. The Hall–Kier alpha value is -2.34. The summed E-state index contributed by atoms with van der Waals surface area (Å²) in [6.45, 7) is 2.00. The minimum Gasteiger partial charge on any atom is -0.497 e. The van der Waals surface area contributed by atoms with Crippen LogP contribution in [-0.4, -0.2) is 73.9 Å². The Morgan fingerprint density at radius 3 is 2.20 bits per heavy atom. The van der Waals surface area contributed by atoms with E-state index in [1.807, 2.05) is 36.2 Å². The summed E-state index contributed by atoms with van der Waals surface area (Å²) in [5.74, 6) is 0.252. The van der Waals surface area contributed by atoms with E-state index < -0.39 is 0 Å². The van der Waals surface area contributed by atoms with Crippen molar-refractivity contribution in [3.05, 3.63) is 35.5 Å². The average Bonchev–Trinajstić information content (AvgIpc) is 2.86. The Bertz CT molecular complexity index is 703. The Morgan fingerprint density at radius 2 is 1.64 bits per heavy atom. The second kappa shape index (κ2) is 6.88. The lowest BCUT2D eigenvalue weighted by molar-refractivity contribution is -0.136. The van der Waals surface area contributed by atoms with Crippen LogP contribution in [0, 0.1) is 0 Å². The predicted octanol–water partition coefficient (Wildman–Crippen LogP) is 1.43. The van der Waals surface area contributed by atoms with E-state index >= 15 is 0 Å². The number of imide groups is 1. The molecule has 134 valence electrons. The highest BCUT2D eigenvalue weighted by Crippen LogP contribution is 2.33. The fraction of sp³-hybridized carbons (Fsp3) is 0.474. The lowest BCUT2D eigenvalue weighted by Gasteiger charge is -2.36. The Morgan fingerprint density at radius 1 is 1.04 bits per heavy atom. The summed E-state index contributed by atoms with van der Waals surface area (Å²) in [6, 6.07) is 7.56. The van der Waals surface area contributed by atoms with E-state index in [9.17, 15) is 9.59 Å². The van der Waals surface area contributed by atoms with Gasteiger partial charge in [0.2, 0.25) is 0 Å². The quantitative estimate of drug-likeness (QED) is 0.774. The minimum absolute atomic E-state index is 0.225. The van der Waals surface area contributed by atoms with E-state index in [1.54, 1.807) is 14.2 Å². The van der Waals surface area contributed by atoms with Crippen molar-refractivity contribution in [3.8, 4) is 5.75 Å². The van der Waals surface area contributed by atoms with Crippen molar-refractivity contribution in [3.63, 3.8) is 0 Å². The van der Waals surface area contributed by atoms with Gasteiger partial charge in [0.15, 0.2) is 0 Å². The fourth-order valence-electron chi connectivity index (χ4n) is 3.54. The zero-order valence-corrected chi connectivity index (χ0v) is 15.3. The fourth-order valence-corrected chi connectivity index (χ4v) is 3.54. The number of amides is 2. The first-order chi connectivity index (χ1) is 11.9. The average molecular weight is 343 g/mol. The zero-order chi connectivity index (χ0) is 18.1. The van der Waals surface area contributed by atoms with Crippen molar-refractivity contribution in [1.82, 2.24) is 14.7 Å². The molecule has 0 saturated carbocycles. The van der Waals surface area contributed by atoms with Gasteiger partial charge in [-0.15, -0.1) is 0 Å². The van der Waals surface area contributed by atoms with Crippen LogP contribution in [0.2, 0.25) is 0 Å². The third-order valence-corrected chi connectivity index (χ3v) is 5.23. The Balaban J connectivity index is 1.99. The molecule has 1 saturated heterocycles. The molecule has 0 aliphatic carbocycles. The number of benzene rings is 1. The minimum atomic E-state index is -0.245. The standard InChI is InChI=1S/C19H25N3O3/c1-20-11-9-14(10-12-20)21(2)17-16(18(23)22(3)19(17)24)13-5-7-15(25-4)8-6-13/h5-8,14H,9-12H2,1-4H3. The van der Waals surface area contributed by atoms with Gasteiger partial charge in [0.05, 0.1) is 12.7 Å². The van der Waals surface area contributed by atoms with Crippen LogP contribution in [0.15, 0.2) is 30.0 Å². The molecule has 25 heavy (non-hydrogen) atoms. The van der Waals surface area contributed by atoms with E-state index in [0.717, 1.165) is 37.2 Å². The number of methoxy groups -OCH3 is 1. The van der Waals surface area contributed by atoms with Crippen LogP contribution < -0.4 is 4.74 Å². The van der Waals surface area contributed by atoms with Gasteiger partial charge in [-0.3, -0.25) is 14.5 Å². The first kappa shape index (κ1) is 17.5. The highest BCUT2D eigenvalue weighted by Gasteiger charge is 2.40. The second-order valence-electron chi connectivity index (χ2n) is 6.77. The highest BCUT2D eigenvalue weighted by molar-refractivity contribution is 6.35. The molecule has 2 aliphatic rings. The molecule has 0 aromatic heterocycles. The number of rotatable bonds is 4. The van der Waals surface area contributed by atoms with Crippen LogP contribution in [0.5, 0.6) is 5.75 Å². The van der Waals surface area contributed by atoms with Gasteiger partial charge in [-0.25, -0.2) is 0 Å². The van der Waals surface area contributed by atoms with Crippen LogP contribution >= 0.6 is 0 Å². The number of likely N-dealkylation sites (tertiary alicyclic amines) is 1. The Kier molecular flexibility index (Phi) is 4.81. The van der Waals surface area contributed by atoms with Crippen molar-refractivity contribution in [2.75, 3.05) is 41.3 Å². The maximum atomic E-state index is 12.7. The van der Waals surface area contributed by atoms with Crippen LogP contribution in [-0.2, 0) is 9.59 Å². The van der Waals surface area contributed by atoms with Gasteiger partial charge in [-0.2, -0.15) is 0 Å². The third kappa shape index (κ3) is 3.14. The number of nitrogens with zero attached hydrogens (tertiary/aromatic N) is 3. The second-order valence-corrected chi connectivity index (χ2v) is 6.77. The molecule has 3 rings (SSSR count). The predicted molar refractivity (Wildman–Crippen MR) is 96.0 cm³/mol. The molecular weight excluding hydrogens is 318 g/mol. The molecule has 0 bridgehead atoms. The van der Waals surface area contributed by atoms with Crippen LogP contribution in [0.1, 0.15) is 18.4 Å². The molecule has 2 heterocycles. The van der Waals surface area contributed by atoms with Crippen molar-refractivity contribution in [2.45, 2.75) is 18.9 Å². The van der Waals surface area contributed by atoms with Gasteiger partial charge in [-0.1, -0.05) is 12.1 Å². The molecule has 0 atom stereocenters. The molecule has 1 aromatic carbocycles. The van der Waals surface area contributed by atoms with Crippen molar-refractivity contribution in [1.29, 1.82) is 0 Å². The largest absolute Gasteiger partial charge is 0.497 e. The number of carbonyl (C=O) groups excluding carboxylic acids is 2. The molecule has 0 unspecified atom stereocenters. The van der Waals surface area contributed by atoms with E-state index in [-0.39, 0.29) is 17.9 Å². The van der Waals surface area contributed by atoms with Gasteiger partial charge >= 0.3 is 0 Å². The number of carbonyl (C=O) groups is 2. The molecule has 6 heteroatoms. The van der Waals surface area contributed by atoms with Crippen LogP contribution in [0.3, 0.4) is 0 Å². The molecule has 1 fully saturated rings. The number of hydrogen-bond acceptors (Lipinski definition) is 5. The highest BCUT2D eigenvalue weighted by atomic mass is 16.5. The summed E-state index contributed by atoms with van der Waals surface area (Å²) in [5.41, 5.74) is 1.74. The van der Waals surface area contributed by atoms with E-state index in [0.29, 0.717) is 11.3 Å². The monoisotopic (exact) mass is 343 g/mol. The van der Waals surface area contributed by atoms with E-state index in [1.165, 1.54) is 4.90 Å². The number of likely N-dealkylation sites (N-methyl/N-ethyl adjacent to an activating group) is 2. The zero-order valence-electron chi connectivity index (χ0n) is 15.3. The maximum absolute atomic E-state index is 12.7. The van der Waals surface area contributed by atoms with Crippen LogP contribution in [0.25, 0.3) is 5.57 Å². The van der Waals surface area contributed by atoms with E-state index in [4.69, 9.17) is 4.74 Å². The summed E-state index contributed by atoms with van der Waals surface area (Å²) >= 11 is 0. The van der Waals surface area contributed by atoms with Gasteiger partial charge < -0.3 is 14.5 Å². The first-order valence-electron chi connectivity index (χ1n) is 8.56. The molecular formula is C19H25N3O3. The lowest BCUT2D eigenvalue weighted by atomic mass is 10.00. The van der Waals surface area contributed by atoms with E-state index in [2.05, 4.69) is 11.9 Å². The normalized spacial score (nSPS) is 19.8. The van der Waals surface area contributed by atoms with Crippen molar-refractivity contribution < 1.29 is 14.3 Å². The smallest absolute Gasteiger partial charge is 0.277 e. The number of hydrogen-bond donors (Lipinski definition) is 0. The van der Waals surface area contributed by atoms with Crippen molar-refractivity contribution in [2.24, 2.45) is 0 Å². The molecule has 0 N–H and O–H groups in total. The summed E-state index contributed by atoms with van der Waals surface area (Å²) < 4.78 is 5.19. The summed E-state index contributed by atoms with van der Waals surface area (Å²) in [5, 5.41) is 0. The van der Waals surface area contributed by atoms with Gasteiger partial charge in [0.1, 0.15) is 11.4 Å². The summed E-state index contributed by atoms with van der Waals surface area (Å²) in [7, 11) is 7.19. The lowest BCUT2D eigenvalue weighted by Crippen LogP contribution is -2.43.